The summed E-state index contributed by atoms with van der Waals surface area (Å²) in [5.74, 6) is -3.00. The van der Waals surface area contributed by atoms with Crippen LogP contribution in [0.4, 0.5) is 4.79 Å². The fraction of sp³-hybridized carbons (Fsp3) is 0.677. The number of aromatic nitrogens is 1. The van der Waals surface area contributed by atoms with Crippen LogP contribution in [0.25, 0.3) is 0 Å². The molecule has 0 radical (unpaired) electrons. The van der Waals surface area contributed by atoms with Crippen LogP contribution in [0, 0.1) is 12.8 Å². The van der Waals surface area contributed by atoms with Crippen LogP contribution in [0.2, 0.25) is 0 Å². The quantitative estimate of drug-likeness (QED) is 0.294. The Bertz CT molecular complexity index is 1550. The molecule has 0 aromatic carbocycles. The number of esters is 1. The molecule has 3 heterocycles. The van der Waals surface area contributed by atoms with E-state index in [0.717, 1.165) is 12.8 Å². The van der Waals surface area contributed by atoms with Crippen molar-refractivity contribution in [1.29, 1.82) is 0 Å². The number of fused-ring (bicyclic) bond motifs is 2. The fourth-order valence-electron chi connectivity index (χ4n) is 5.97. The number of nitrogens with zero attached hydrogens (tertiary/aromatic N) is 2. The largest absolute Gasteiger partial charge is 0.456 e. The lowest BCUT2D eigenvalue weighted by Gasteiger charge is -2.30. The molecule has 2 saturated carbocycles. The Morgan fingerprint density at radius 1 is 1.13 bits per heavy atom. The molecule has 258 valence electrons. The number of amides is 4. The van der Waals surface area contributed by atoms with Crippen LogP contribution < -0.4 is 15.4 Å². The van der Waals surface area contributed by atoms with Crippen molar-refractivity contribution in [2.24, 2.45) is 5.92 Å². The van der Waals surface area contributed by atoms with E-state index in [0.29, 0.717) is 31.4 Å². The van der Waals surface area contributed by atoms with Crippen molar-refractivity contribution >= 4 is 39.8 Å². The van der Waals surface area contributed by atoms with E-state index in [4.69, 9.17) is 14.0 Å². The fourth-order valence-corrected chi connectivity index (χ4v) is 7.34. The Balaban J connectivity index is 1.42. The molecule has 15 nitrogen and oxygen atoms in total. The average Bonchev–Trinajstić information content (AvgIpc) is 3.86. The summed E-state index contributed by atoms with van der Waals surface area (Å²) >= 11 is 0. The number of nitrogens with one attached hydrogen (secondary N) is 3. The number of sulfonamides is 1. The summed E-state index contributed by atoms with van der Waals surface area (Å²) < 4.78 is 43.5. The monoisotopic (exact) mass is 677 g/mol. The van der Waals surface area contributed by atoms with Gasteiger partial charge in [-0.2, -0.15) is 0 Å². The first-order valence-corrected chi connectivity index (χ1v) is 17.6. The van der Waals surface area contributed by atoms with Gasteiger partial charge in [0.25, 0.3) is 5.91 Å². The highest BCUT2D eigenvalue weighted by Crippen LogP contribution is 2.46. The van der Waals surface area contributed by atoms with E-state index in [1.165, 1.54) is 11.0 Å². The van der Waals surface area contributed by atoms with Crippen LogP contribution in [0.3, 0.4) is 0 Å². The van der Waals surface area contributed by atoms with Gasteiger partial charge < -0.3 is 29.5 Å². The Hall–Kier alpha value is -3.95. The zero-order valence-electron chi connectivity index (χ0n) is 27.1. The number of rotatable bonds is 6. The molecule has 0 spiro atoms. The molecule has 1 saturated heterocycles. The lowest BCUT2D eigenvalue weighted by atomic mass is 10.0. The van der Waals surface area contributed by atoms with Crippen molar-refractivity contribution in [2.75, 3.05) is 6.54 Å². The maximum Gasteiger partial charge on any atom is 0.408 e. The summed E-state index contributed by atoms with van der Waals surface area (Å²) in [7, 11) is -3.90. The Morgan fingerprint density at radius 2 is 1.87 bits per heavy atom. The zero-order valence-corrected chi connectivity index (χ0v) is 27.9. The van der Waals surface area contributed by atoms with Crippen molar-refractivity contribution in [3.63, 3.8) is 0 Å². The molecule has 3 fully saturated rings. The first-order valence-electron chi connectivity index (χ1n) is 16.1. The van der Waals surface area contributed by atoms with Crippen molar-refractivity contribution in [3.8, 4) is 0 Å². The van der Waals surface area contributed by atoms with Crippen LogP contribution in [0.5, 0.6) is 0 Å². The minimum Gasteiger partial charge on any atom is -0.456 e. The van der Waals surface area contributed by atoms with E-state index in [9.17, 15) is 32.4 Å². The number of hydrogen-bond acceptors (Lipinski definition) is 11. The summed E-state index contributed by atoms with van der Waals surface area (Å²) in [5.41, 5.74) is -2.44. The summed E-state index contributed by atoms with van der Waals surface area (Å²) in [6.07, 6.45) is 6.00. The summed E-state index contributed by atoms with van der Waals surface area (Å²) in [6.45, 7) is 6.52. The van der Waals surface area contributed by atoms with Gasteiger partial charge >= 0.3 is 12.1 Å². The molecular formula is C31H43N5O10S. The SMILES string of the molecule is Cc1cc(C(=O)O[C@@H]2C[C@H]3C(=O)N[C@]4(C(=O)NS(=O)(=O)C5CC5)C[C@@H]4/C=C\CCCCC[C@H](NC(=O)OC(C)(C)C)C(=O)N3C2)no1. The third kappa shape index (κ3) is 8.32. The van der Waals surface area contributed by atoms with Crippen LogP contribution >= 0.6 is 0 Å². The Labute approximate surface area is 273 Å². The second-order valence-corrected chi connectivity index (χ2v) is 15.8. The number of alkyl carbamates (subject to hydrolysis) is 1. The summed E-state index contributed by atoms with van der Waals surface area (Å²) in [6, 6.07) is -0.862. The number of allylic oxidation sites excluding steroid dienone is 1. The van der Waals surface area contributed by atoms with Crippen LogP contribution in [-0.2, 0) is 33.9 Å². The average molecular weight is 678 g/mol. The highest BCUT2D eigenvalue weighted by molar-refractivity contribution is 7.91. The van der Waals surface area contributed by atoms with E-state index in [1.807, 2.05) is 12.2 Å². The molecule has 0 bridgehead atoms. The van der Waals surface area contributed by atoms with E-state index >= 15 is 0 Å². The molecule has 1 aromatic heterocycles. The predicted octanol–water partition coefficient (Wildman–Crippen LogP) is 2.01. The van der Waals surface area contributed by atoms with Crippen molar-refractivity contribution in [1.82, 2.24) is 25.4 Å². The highest BCUT2D eigenvalue weighted by Gasteiger charge is 2.62. The molecule has 47 heavy (non-hydrogen) atoms. The minimum atomic E-state index is -3.90. The Morgan fingerprint density at radius 3 is 2.53 bits per heavy atom. The third-order valence-corrected chi connectivity index (χ3v) is 10.5. The molecule has 16 heteroatoms. The van der Waals surface area contributed by atoms with Gasteiger partial charge in [-0.1, -0.05) is 30.2 Å². The lowest BCUT2D eigenvalue weighted by Crippen LogP contribution is -2.58. The van der Waals surface area contributed by atoms with Crippen LogP contribution in [0.1, 0.15) is 94.8 Å². The van der Waals surface area contributed by atoms with Gasteiger partial charge in [0, 0.05) is 18.4 Å². The number of carbonyl (C=O) groups excluding carboxylic acids is 5. The summed E-state index contributed by atoms with van der Waals surface area (Å²) in [5, 5.41) is 8.45. The van der Waals surface area contributed by atoms with Crippen LogP contribution in [-0.4, -0.2) is 89.4 Å². The molecule has 1 aromatic rings. The smallest absolute Gasteiger partial charge is 0.408 e. The van der Waals surface area contributed by atoms with Gasteiger partial charge in [-0.05, 0) is 66.2 Å². The number of hydrogen-bond donors (Lipinski definition) is 3. The minimum absolute atomic E-state index is 0.0766. The predicted molar refractivity (Wildman–Crippen MR) is 165 cm³/mol. The first-order chi connectivity index (χ1) is 22.1. The zero-order chi connectivity index (χ0) is 34.1. The number of ether oxygens (including phenoxy) is 2. The van der Waals surface area contributed by atoms with Crippen molar-refractivity contribution in [2.45, 2.75) is 120 Å². The second-order valence-electron chi connectivity index (χ2n) is 13.8. The molecule has 2 aliphatic heterocycles. The lowest BCUT2D eigenvalue weighted by molar-refractivity contribution is -0.141. The van der Waals surface area contributed by atoms with Gasteiger partial charge in [-0.15, -0.1) is 0 Å². The highest BCUT2D eigenvalue weighted by atomic mass is 32.2. The van der Waals surface area contributed by atoms with Gasteiger partial charge in [0.1, 0.15) is 35.1 Å². The van der Waals surface area contributed by atoms with Gasteiger partial charge in [0.15, 0.2) is 5.69 Å². The molecule has 4 amide bonds. The summed E-state index contributed by atoms with van der Waals surface area (Å²) in [4.78, 5) is 68.5. The number of carbonyl (C=O) groups is 5. The molecule has 5 atom stereocenters. The van der Waals surface area contributed by atoms with E-state index in [-0.39, 0.29) is 31.5 Å². The van der Waals surface area contributed by atoms with Crippen molar-refractivity contribution < 1.29 is 46.4 Å². The van der Waals surface area contributed by atoms with Gasteiger partial charge in [0.05, 0.1) is 11.8 Å². The molecule has 2 aliphatic carbocycles. The topological polar surface area (TPSA) is 203 Å². The molecular weight excluding hydrogens is 634 g/mol. The number of aryl methyl sites for hydroxylation is 1. The maximum atomic E-state index is 14.1. The Kier molecular flexibility index (Phi) is 9.71. The normalized spacial score (nSPS) is 29.2. The van der Waals surface area contributed by atoms with Gasteiger partial charge in [0.2, 0.25) is 21.8 Å². The first kappa shape index (κ1) is 34.4. The maximum absolute atomic E-state index is 14.1. The molecule has 5 rings (SSSR count). The molecule has 4 aliphatic rings. The van der Waals surface area contributed by atoms with Crippen molar-refractivity contribution in [3.05, 3.63) is 29.7 Å². The van der Waals surface area contributed by atoms with E-state index in [2.05, 4.69) is 20.5 Å². The molecule has 3 N–H and O–H groups in total. The third-order valence-electron chi connectivity index (χ3n) is 8.64. The van der Waals surface area contributed by atoms with E-state index in [1.54, 1.807) is 27.7 Å². The van der Waals surface area contributed by atoms with Crippen LogP contribution in [0.15, 0.2) is 22.7 Å². The van der Waals surface area contributed by atoms with Gasteiger partial charge in [-0.3, -0.25) is 19.1 Å². The van der Waals surface area contributed by atoms with Gasteiger partial charge in [-0.25, -0.2) is 18.0 Å². The molecule has 0 unspecified atom stereocenters. The van der Waals surface area contributed by atoms with E-state index < -0.39 is 80.3 Å². The standard InChI is InChI=1S/C31H43N5O10S/c1-18-14-23(34-46-18)27(39)44-20-15-24-25(37)33-31(28(40)35-47(42,43)21-12-13-21)16-19(31)10-8-6-5-7-9-11-22(26(38)36(24)17-20)32-29(41)45-30(2,3)4/h8,10,14,19-22,24H,5-7,9,11-13,15-17H2,1-4H3,(H,32,41)(H,33,37)(H,35,40)/b10-8-/t19-,20+,22-,24-,31+/m0/s1. The second kappa shape index (κ2) is 13.3.